The second-order valence-corrected chi connectivity index (χ2v) is 4.95. The third kappa shape index (κ3) is 3.57. The first kappa shape index (κ1) is 13.6. The largest absolute Gasteiger partial charge is 0.456 e. The van der Waals surface area contributed by atoms with Gasteiger partial charge in [0.2, 0.25) is 0 Å². The Bertz CT molecular complexity index is 620. The normalized spacial score (nSPS) is 9.95. The first-order valence-corrected chi connectivity index (χ1v) is 6.63. The van der Waals surface area contributed by atoms with Gasteiger partial charge in [-0.05, 0) is 42.9 Å². The standard InChI is InChI=1S/C15H13BrN2O/c1-18-10-11-3-2-4-14(7-11)19-15-6-5-13(16)8-12(15)9-17/h2-8,18H,10H2,1H3. The van der Waals surface area contributed by atoms with Gasteiger partial charge < -0.3 is 10.1 Å². The van der Waals surface area contributed by atoms with Crippen LogP contribution in [0.15, 0.2) is 46.9 Å². The molecule has 0 aromatic heterocycles. The highest BCUT2D eigenvalue weighted by atomic mass is 79.9. The molecule has 0 saturated carbocycles. The highest BCUT2D eigenvalue weighted by molar-refractivity contribution is 9.10. The van der Waals surface area contributed by atoms with E-state index in [-0.39, 0.29) is 0 Å². The van der Waals surface area contributed by atoms with Gasteiger partial charge in [-0.15, -0.1) is 0 Å². The predicted molar refractivity (Wildman–Crippen MR) is 78.1 cm³/mol. The third-order valence-corrected chi connectivity index (χ3v) is 3.06. The summed E-state index contributed by atoms with van der Waals surface area (Å²) < 4.78 is 6.63. The average Bonchev–Trinajstić information content (AvgIpc) is 2.41. The summed E-state index contributed by atoms with van der Waals surface area (Å²) in [5.41, 5.74) is 1.64. The molecule has 0 spiro atoms. The van der Waals surface area contributed by atoms with Gasteiger partial charge in [-0.2, -0.15) is 5.26 Å². The molecular weight excluding hydrogens is 304 g/mol. The topological polar surface area (TPSA) is 45.0 Å². The molecule has 2 rings (SSSR count). The molecule has 0 aliphatic heterocycles. The van der Waals surface area contributed by atoms with E-state index in [1.54, 1.807) is 12.1 Å². The zero-order valence-electron chi connectivity index (χ0n) is 10.5. The van der Waals surface area contributed by atoms with Crippen molar-refractivity contribution in [1.82, 2.24) is 5.32 Å². The lowest BCUT2D eigenvalue weighted by atomic mass is 10.2. The van der Waals surface area contributed by atoms with Crippen LogP contribution in [0.2, 0.25) is 0 Å². The third-order valence-electron chi connectivity index (χ3n) is 2.57. The zero-order valence-corrected chi connectivity index (χ0v) is 12.1. The Morgan fingerprint density at radius 2 is 2.11 bits per heavy atom. The number of rotatable bonds is 4. The zero-order chi connectivity index (χ0) is 13.7. The number of nitriles is 1. The second-order valence-electron chi connectivity index (χ2n) is 4.03. The van der Waals surface area contributed by atoms with Crippen molar-refractivity contribution in [2.75, 3.05) is 7.05 Å². The Labute approximate surface area is 121 Å². The molecule has 2 aromatic carbocycles. The minimum absolute atomic E-state index is 0.508. The molecule has 4 heteroatoms. The van der Waals surface area contributed by atoms with E-state index < -0.39 is 0 Å². The maximum Gasteiger partial charge on any atom is 0.145 e. The minimum atomic E-state index is 0.508. The van der Waals surface area contributed by atoms with E-state index in [9.17, 15) is 0 Å². The fourth-order valence-corrected chi connectivity index (χ4v) is 2.09. The fraction of sp³-hybridized carbons (Fsp3) is 0.133. The van der Waals surface area contributed by atoms with Crippen molar-refractivity contribution in [3.63, 3.8) is 0 Å². The van der Waals surface area contributed by atoms with Gasteiger partial charge in [-0.25, -0.2) is 0 Å². The van der Waals surface area contributed by atoms with E-state index in [1.165, 1.54) is 0 Å². The molecule has 19 heavy (non-hydrogen) atoms. The van der Waals surface area contributed by atoms with E-state index in [2.05, 4.69) is 27.3 Å². The predicted octanol–water partition coefficient (Wildman–Crippen LogP) is 3.83. The number of nitrogens with one attached hydrogen (secondary N) is 1. The van der Waals surface area contributed by atoms with Crippen LogP contribution >= 0.6 is 15.9 Å². The van der Waals surface area contributed by atoms with Crippen molar-refractivity contribution in [3.05, 3.63) is 58.1 Å². The smallest absolute Gasteiger partial charge is 0.145 e. The molecule has 2 aromatic rings. The van der Waals surface area contributed by atoms with E-state index in [0.29, 0.717) is 11.3 Å². The number of nitrogens with zero attached hydrogens (tertiary/aromatic N) is 1. The van der Waals surface area contributed by atoms with Gasteiger partial charge in [0.1, 0.15) is 17.6 Å². The molecule has 0 aliphatic rings. The van der Waals surface area contributed by atoms with E-state index in [0.717, 1.165) is 22.3 Å². The summed E-state index contributed by atoms with van der Waals surface area (Å²) in [7, 11) is 1.90. The number of halogens is 1. The van der Waals surface area contributed by atoms with Crippen LogP contribution in [0.4, 0.5) is 0 Å². The van der Waals surface area contributed by atoms with Crippen LogP contribution in [-0.4, -0.2) is 7.05 Å². The minimum Gasteiger partial charge on any atom is -0.456 e. The van der Waals surface area contributed by atoms with Crippen molar-refractivity contribution in [1.29, 1.82) is 5.26 Å². The molecular formula is C15H13BrN2O. The molecule has 96 valence electrons. The maximum absolute atomic E-state index is 9.10. The van der Waals surface area contributed by atoms with E-state index >= 15 is 0 Å². The van der Waals surface area contributed by atoms with Crippen LogP contribution in [0.5, 0.6) is 11.5 Å². The average molecular weight is 317 g/mol. The molecule has 0 aliphatic carbocycles. The molecule has 0 radical (unpaired) electrons. The van der Waals surface area contributed by atoms with Gasteiger partial charge in [0, 0.05) is 11.0 Å². The van der Waals surface area contributed by atoms with Crippen LogP contribution in [0.3, 0.4) is 0 Å². The number of hydrogen-bond donors (Lipinski definition) is 1. The van der Waals surface area contributed by atoms with Gasteiger partial charge in [-0.3, -0.25) is 0 Å². The first-order valence-electron chi connectivity index (χ1n) is 5.84. The number of benzene rings is 2. The Morgan fingerprint density at radius 1 is 1.26 bits per heavy atom. The summed E-state index contributed by atoms with van der Waals surface area (Å²) in [4.78, 5) is 0. The summed E-state index contributed by atoms with van der Waals surface area (Å²) >= 11 is 3.34. The van der Waals surface area contributed by atoms with Gasteiger partial charge in [0.25, 0.3) is 0 Å². The highest BCUT2D eigenvalue weighted by Crippen LogP contribution is 2.27. The van der Waals surface area contributed by atoms with Gasteiger partial charge >= 0.3 is 0 Å². The lowest BCUT2D eigenvalue weighted by Crippen LogP contribution is -2.04. The summed E-state index contributed by atoms with van der Waals surface area (Å²) in [5.74, 6) is 1.29. The maximum atomic E-state index is 9.10. The van der Waals surface area contributed by atoms with Crippen molar-refractivity contribution in [2.45, 2.75) is 6.54 Å². The fourth-order valence-electron chi connectivity index (χ4n) is 1.73. The Morgan fingerprint density at radius 3 is 2.84 bits per heavy atom. The lowest BCUT2D eigenvalue weighted by molar-refractivity contribution is 0.480. The molecule has 0 fully saturated rings. The molecule has 1 N–H and O–H groups in total. The molecule has 0 heterocycles. The van der Waals surface area contributed by atoms with Crippen molar-refractivity contribution >= 4 is 15.9 Å². The van der Waals surface area contributed by atoms with Gasteiger partial charge in [0.05, 0.1) is 5.56 Å². The Kier molecular flexibility index (Phi) is 4.56. The molecule has 3 nitrogen and oxygen atoms in total. The summed E-state index contributed by atoms with van der Waals surface area (Å²) in [5, 5.41) is 12.2. The summed E-state index contributed by atoms with van der Waals surface area (Å²) in [6, 6.07) is 15.3. The first-order chi connectivity index (χ1) is 9.22. The number of hydrogen-bond acceptors (Lipinski definition) is 3. The molecule has 0 saturated heterocycles. The van der Waals surface area contributed by atoms with Crippen LogP contribution in [0, 0.1) is 11.3 Å². The van der Waals surface area contributed by atoms with Crippen LogP contribution in [-0.2, 0) is 6.54 Å². The quantitative estimate of drug-likeness (QED) is 0.932. The van der Waals surface area contributed by atoms with Crippen LogP contribution in [0.25, 0.3) is 0 Å². The second kappa shape index (κ2) is 6.37. The Hall–Kier alpha value is -1.83. The highest BCUT2D eigenvalue weighted by Gasteiger charge is 2.05. The van der Waals surface area contributed by atoms with Crippen molar-refractivity contribution < 1.29 is 4.74 Å². The molecule has 0 amide bonds. The van der Waals surface area contributed by atoms with E-state index in [4.69, 9.17) is 10.00 Å². The van der Waals surface area contributed by atoms with Crippen LogP contribution < -0.4 is 10.1 Å². The summed E-state index contributed by atoms with van der Waals surface area (Å²) in [6.45, 7) is 0.780. The SMILES string of the molecule is CNCc1cccc(Oc2ccc(Br)cc2C#N)c1. The monoisotopic (exact) mass is 316 g/mol. The molecule has 0 atom stereocenters. The van der Waals surface area contributed by atoms with E-state index in [1.807, 2.05) is 37.4 Å². The van der Waals surface area contributed by atoms with Gasteiger partial charge in [0.15, 0.2) is 0 Å². The summed E-state index contributed by atoms with van der Waals surface area (Å²) in [6.07, 6.45) is 0. The van der Waals surface area contributed by atoms with Gasteiger partial charge in [-0.1, -0.05) is 28.1 Å². The van der Waals surface area contributed by atoms with Crippen molar-refractivity contribution in [2.24, 2.45) is 0 Å². The Balaban J connectivity index is 2.26. The van der Waals surface area contributed by atoms with Crippen LogP contribution in [0.1, 0.15) is 11.1 Å². The number of ether oxygens (including phenoxy) is 1. The lowest BCUT2D eigenvalue weighted by Gasteiger charge is -2.09. The molecule has 0 unspecified atom stereocenters. The van der Waals surface area contributed by atoms with Crippen molar-refractivity contribution in [3.8, 4) is 17.6 Å². The molecule has 0 bridgehead atoms.